The molecule has 0 unspecified atom stereocenters. The molecular weight excluding hydrogens is 228 g/mol. The molecule has 1 N–H and O–H groups in total. The Hall–Kier alpha value is -2.09. The van der Waals surface area contributed by atoms with Crippen molar-refractivity contribution in [2.75, 3.05) is 6.61 Å². The summed E-state index contributed by atoms with van der Waals surface area (Å²) in [5.74, 6) is 5.28. The van der Waals surface area contributed by atoms with E-state index in [0.717, 1.165) is 5.56 Å². The Labute approximate surface area is 106 Å². The van der Waals surface area contributed by atoms with Crippen LogP contribution in [0, 0.1) is 11.8 Å². The molecule has 0 atom stereocenters. The first-order valence-corrected chi connectivity index (χ1v) is 5.61. The van der Waals surface area contributed by atoms with Crippen molar-refractivity contribution >= 4 is 0 Å². The monoisotopic (exact) mass is 242 g/mol. The predicted octanol–water partition coefficient (Wildman–Crippen LogP) is 1.40. The van der Waals surface area contributed by atoms with Gasteiger partial charge in [-0.3, -0.25) is 0 Å². The molecule has 18 heavy (non-hydrogen) atoms. The van der Waals surface area contributed by atoms with Gasteiger partial charge in [0.1, 0.15) is 19.0 Å². The van der Waals surface area contributed by atoms with Crippen LogP contribution in [0.15, 0.2) is 42.9 Å². The number of ether oxygens (including phenoxy) is 1. The molecule has 4 heteroatoms. The van der Waals surface area contributed by atoms with E-state index in [4.69, 9.17) is 9.84 Å². The van der Waals surface area contributed by atoms with Crippen molar-refractivity contribution < 1.29 is 9.84 Å². The maximum atomic E-state index is 8.57. The number of aliphatic hydroxyl groups excluding tert-OH is 1. The summed E-state index contributed by atoms with van der Waals surface area (Å²) >= 11 is 0. The lowest BCUT2D eigenvalue weighted by atomic mass is 10.2. The number of aromatic nitrogens is 2. The number of imidazole rings is 1. The molecule has 0 amide bonds. The van der Waals surface area contributed by atoms with Crippen molar-refractivity contribution in [3.63, 3.8) is 0 Å². The van der Waals surface area contributed by atoms with E-state index in [1.54, 1.807) is 12.5 Å². The van der Waals surface area contributed by atoms with Crippen LogP contribution in [-0.2, 0) is 18.1 Å². The molecule has 92 valence electrons. The smallest absolute Gasteiger partial charge is 0.131 e. The second-order valence-electron chi connectivity index (χ2n) is 3.70. The van der Waals surface area contributed by atoms with E-state index in [2.05, 4.69) is 16.8 Å². The lowest BCUT2D eigenvalue weighted by Gasteiger charge is -2.04. The van der Waals surface area contributed by atoms with Crippen molar-refractivity contribution in [2.24, 2.45) is 0 Å². The van der Waals surface area contributed by atoms with E-state index in [0.29, 0.717) is 19.0 Å². The van der Waals surface area contributed by atoms with Crippen molar-refractivity contribution in [2.45, 2.75) is 13.3 Å². The molecule has 1 aromatic carbocycles. The van der Waals surface area contributed by atoms with E-state index >= 15 is 0 Å². The van der Waals surface area contributed by atoms with Gasteiger partial charge in [0.25, 0.3) is 0 Å². The minimum atomic E-state index is -0.155. The third-order valence-electron chi connectivity index (χ3n) is 2.28. The molecule has 0 fully saturated rings. The molecule has 2 rings (SSSR count). The summed E-state index contributed by atoms with van der Waals surface area (Å²) < 4.78 is 7.36. The number of benzene rings is 1. The minimum Gasteiger partial charge on any atom is -0.384 e. The zero-order valence-corrected chi connectivity index (χ0v) is 9.91. The van der Waals surface area contributed by atoms with Gasteiger partial charge in [-0.2, -0.15) is 0 Å². The second kappa shape index (κ2) is 6.60. The maximum absolute atomic E-state index is 8.57. The fraction of sp³-hybridized carbons (Fsp3) is 0.214. The highest BCUT2D eigenvalue weighted by Gasteiger charge is 1.96. The van der Waals surface area contributed by atoms with Crippen LogP contribution in [0.2, 0.25) is 0 Å². The fourth-order valence-electron chi connectivity index (χ4n) is 1.47. The van der Waals surface area contributed by atoms with Crippen LogP contribution in [0.1, 0.15) is 11.3 Å². The lowest BCUT2D eigenvalue weighted by molar-refractivity contribution is 0.0639. The fourth-order valence-corrected chi connectivity index (χ4v) is 1.47. The van der Waals surface area contributed by atoms with Crippen molar-refractivity contribution in [3.05, 3.63) is 54.1 Å². The Morgan fingerprint density at radius 2 is 2.11 bits per heavy atom. The molecule has 0 aliphatic heterocycles. The van der Waals surface area contributed by atoms with Crippen LogP contribution >= 0.6 is 0 Å². The molecular formula is C14H14N2O2. The predicted molar refractivity (Wildman–Crippen MR) is 67.4 cm³/mol. The topological polar surface area (TPSA) is 47.3 Å². The third-order valence-corrected chi connectivity index (χ3v) is 2.28. The SMILES string of the molecule is OCC#Cc1cn(COCc2ccccc2)cn1. The summed E-state index contributed by atoms with van der Waals surface area (Å²) in [6, 6.07) is 9.99. The Morgan fingerprint density at radius 3 is 2.89 bits per heavy atom. The molecule has 1 aromatic heterocycles. The summed E-state index contributed by atoms with van der Waals surface area (Å²) in [5.41, 5.74) is 1.77. The first-order chi connectivity index (χ1) is 8.88. The Kier molecular flexibility index (Phi) is 4.53. The Balaban J connectivity index is 1.82. The zero-order valence-electron chi connectivity index (χ0n) is 9.91. The van der Waals surface area contributed by atoms with Gasteiger partial charge in [0.15, 0.2) is 0 Å². The summed E-state index contributed by atoms with van der Waals surface area (Å²) in [5, 5.41) is 8.57. The molecule has 0 aliphatic carbocycles. The molecule has 1 heterocycles. The summed E-state index contributed by atoms with van der Waals surface area (Å²) in [4.78, 5) is 4.08. The summed E-state index contributed by atoms with van der Waals surface area (Å²) in [7, 11) is 0. The summed E-state index contributed by atoms with van der Waals surface area (Å²) in [6.07, 6.45) is 3.44. The van der Waals surface area contributed by atoms with Crippen LogP contribution < -0.4 is 0 Å². The largest absolute Gasteiger partial charge is 0.384 e. The van der Waals surface area contributed by atoms with Crippen molar-refractivity contribution in [3.8, 4) is 11.8 Å². The molecule has 0 radical (unpaired) electrons. The number of hydrogen-bond acceptors (Lipinski definition) is 3. The molecule has 0 spiro atoms. The van der Waals surface area contributed by atoms with Gasteiger partial charge in [-0.15, -0.1) is 0 Å². The van der Waals surface area contributed by atoms with Gasteiger partial charge in [0, 0.05) is 6.20 Å². The van der Waals surface area contributed by atoms with Crippen molar-refractivity contribution in [1.29, 1.82) is 0 Å². The lowest BCUT2D eigenvalue weighted by Crippen LogP contribution is -2.00. The maximum Gasteiger partial charge on any atom is 0.131 e. The van der Waals surface area contributed by atoms with Gasteiger partial charge in [-0.05, 0) is 11.5 Å². The highest BCUT2D eigenvalue weighted by atomic mass is 16.5. The highest BCUT2D eigenvalue weighted by molar-refractivity contribution is 5.24. The third kappa shape index (κ3) is 3.74. The van der Waals surface area contributed by atoms with E-state index in [1.165, 1.54) is 0 Å². The zero-order chi connectivity index (χ0) is 12.6. The van der Waals surface area contributed by atoms with Gasteiger partial charge < -0.3 is 14.4 Å². The van der Waals surface area contributed by atoms with Crippen LogP contribution in [0.4, 0.5) is 0 Å². The average Bonchev–Trinajstić information content (AvgIpc) is 2.85. The van der Waals surface area contributed by atoms with Crippen molar-refractivity contribution in [1.82, 2.24) is 9.55 Å². The normalized spacial score (nSPS) is 9.83. The van der Waals surface area contributed by atoms with Gasteiger partial charge in [-0.25, -0.2) is 4.98 Å². The second-order valence-corrected chi connectivity index (χ2v) is 3.70. The van der Waals surface area contributed by atoms with Gasteiger partial charge >= 0.3 is 0 Å². The number of nitrogens with zero attached hydrogens (tertiary/aromatic N) is 2. The van der Waals surface area contributed by atoms with Crippen LogP contribution in [0.5, 0.6) is 0 Å². The quantitative estimate of drug-likeness (QED) is 0.824. The highest BCUT2D eigenvalue weighted by Crippen LogP contribution is 2.02. The summed E-state index contributed by atoms with van der Waals surface area (Å²) in [6.45, 7) is 0.844. The number of aliphatic hydroxyl groups is 1. The van der Waals surface area contributed by atoms with Gasteiger partial charge in [0.2, 0.25) is 0 Å². The van der Waals surface area contributed by atoms with Crippen LogP contribution in [-0.4, -0.2) is 21.3 Å². The Bertz CT molecular complexity index is 538. The standard InChI is InChI=1S/C14H14N2O2/c17-8-4-7-14-9-16(11-15-14)12-18-10-13-5-2-1-3-6-13/h1-3,5-6,9,11,17H,8,10,12H2. The Morgan fingerprint density at radius 1 is 1.28 bits per heavy atom. The first-order valence-electron chi connectivity index (χ1n) is 5.61. The number of hydrogen-bond donors (Lipinski definition) is 1. The number of rotatable bonds is 4. The van der Waals surface area contributed by atoms with E-state index in [-0.39, 0.29) is 6.61 Å². The first kappa shape index (κ1) is 12.4. The minimum absolute atomic E-state index is 0.155. The molecule has 0 saturated heterocycles. The van der Waals surface area contributed by atoms with Crippen LogP contribution in [0.25, 0.3) is 0 Å². The van der Waals surface area contributed by atoms with E-state index in [9.17, 15) is 0 Å². The van der Waals surface area contributed by atoms with E-state index in [1.807, 2.05) is 34.9 Å². The van der Waals surface area contributed by atoms with Gasteiger partial charge in [0.05, 0.1) is 12.9 Å². The molecule has 4 nitrogen and oxygen atoms in total. The molecule has 0 saturated carbocycles. The molecule has 0 aliphatic rings. The molecule has 0 bridgehead atoms. The van der Waals surface area contributed by atoms with Gasteiger partial charge in [-0.1, -0.05) is 36.3 Å². The molecule has 2 aromatic rings. The average molecular weight is 242 g/mol. The van der Waals surface area contributed by atoms with E-state index < -0.39 is 0 Å². The van der Waals surface area contributed by atoms with Crippen LogP contribution in [0.3, 0.4) is 0 Å².